The Hall–Kier alpha value is -4.22. The van der Waals surface area contributed by atoms with Crippen LogP contribution in [0.4, 0.5) is 19.4 Å². The van der Waals surface area contributed by atoms with Crippen LogP contribution in [0.15, 0.2) is 30.3 Å². The summed E-state index contributed by atoms with van der Waals surface area (Å²) in [5.74, 6) is 2.36. The molecule has 0 spiro atoms. The number of hydrogen-bond acceptors (Lipinski definition) is 9. The molecule has 5 heterocycles. The SMILES string of the molecule is CC(C)[Si](C#Cc1c(F)ccc2cc(O)cc(-c3c(Cl)cc4c(N5CC6CCC(C5)N6C(=O)OC(C)(C)C)nc(OCC5(CN6C[C@@H]7C[C@H]6CO7)CC5)nc4c3F)c12)(C(C)C)C(C)C. The van der Waals surface area contributed by atoms with Crippen LogP contribution < -0.4 is 9.64 Å². The van der Waals surface area contributed by atoms with Crippen LogP contribution in [0.5, 0.6) is 11.8 Å². The first-order valence-corrected chi connectivity index (χ1v) is 25.8. The van der Waals surface area contributed by atoms with Crippen LogP contribution in [-0.4, -0.2) is 108 Å². The molecule has 1 saturated carbocycles. The van der Waals surface area contributed by atoms with Gasteiger partial charge in [-0.3, -0.25) is 9.80 Å². The van der Waals surface area contributed by atoms with E-state index in [9.17, 15) is 9.90 Å². The molecule has 14 heteroatoms. The Morgan fingerprint density at radius 1 is 1.00 bits per heavy atom. The number of benzene rings is 3. The number of nitrogens with zero attached hydrogens (tertiary/aromatic N) is 5. The Labute approximate surface area is 382 Å². The maximum absolute atomic E-state index is 17.9. The van der Waals surface area contributed by atoms with Gasteiger partial charge in [0.2, 0.25) is 0 Å². The topological polar surface area (TPSA) is 100 Å². The summed E-state index contributed by atoms with van der Waals surface area (Å²) in [5, 5.41) is 12.4. The second-order valence-electron chi connectivity index (χ2n) is 21.2. The fourth-order valence-electron chi connectivity index (χ4n) is 11.6. The van der Waals surface area contributed by atoms with E-state index < -0.39 is 25.3 Å². The summed E-state index contributed by atoms with van der Waals surface area (Å²) in [6.07, 6.45) is 4.61. The monoisotopic (exact) mass is 913 g/mol. The molecular weight excluding hydrogens is 852 g/mol. The van der Waals surface area contributed by atoms with Crippen molar-refractivity contribution in [3.8, 4) is 34.4 Å². The van der Waals surface area contributed by atoms with Crippen molar-refractivity contribution in [2.45, 2.75) is 141 Å². The van der Waals surface area contributed by atoms with Gasteiger partial charge in [0.15, 0.2) is 5.82 Å². The van der Waals surface area contributed by atoms with E-state index in [1.165, 1.54) is 12.1 Å². The number of phenols is 1. The lowest BCUT2D eigenvalue weighted by molar-refractivity contribution is 0.0122. The summed E-state index contributed by atoms with van der Waals surface area (Å²) in [6.45, 7) is 22.6. The highest BCUT2D eigenvalue weighted by Gasteiger charge is 2.50. The number of ether oxygens (including phenoxy) is 3. The summed E-state index contributed by atoms with van der Waals surface area (Å²) in [4.78, 5) is 29.7. The molecule has 1 N–H and O–H groups in total. The van der Waals surface area contributed by atoms with E-state index in [-0.39, 0.29) is 62.6 Å². The molecule has 4 aliphatic heterocycles. The largest absolute Gasteiger partial charge is 0.508 e. The Morgan fingerprint density at radius 3 is 2.28 bits per heavy atom. The number of carbonyl (C=O) groups is 1. The zero-order chi connectivity index (χ0) is 45.6. The number of halogens is 3. The first kappa shape index (κ1) is 45.0. The van der Waals surface area contributed by atoms with Gasteiger partial charge in [-0.15, -0.1) is 5.54 Å². The molecule has 1 aliphatic carbocycles. The number of likely N-dealkylation sites (tertiary alicyclic amines) is 1. The van der Waals surface area contributed by atoms with Gasteiger partial charge in [0.25, 0.3) is 0 Å². The molecule has 5 aliphatic rings. The van der Waals surface area contributed by atoms with E-state index in [0.717, 1.165) is 51.8 Å². The molecule has 4 aromatic rings. The summed E-state index contributed by atoms with van der Waals surface area (Å²) < 4.78 is 52.4. The second-order valence-corrected chi connectivity index (χ2v) is 27.2. The van der Waals surface area contributed by atoms with Crippen LogP contribution in [-0.2, 0) is 9.47 Å². The van der Waals surface area contributed by atoms with E-state index in [1.54, 1.807) is 18.2 Å². The Morgan fingerprint density at radius 2 is 1.69 bits per heavy atom. The van der Waals surface area contributed by atoms with Gasteiger partial charge < -0.3 is 24.2 Å². The predicted molar refractivity (Wildman–Crippen MR) is 251 cm³/mol. The zero-order valence-corrected chi connectivity index (χ0v) is 40.4. The number of carbonyl (C=O) groups excluding carboxylic acids is 1. The zero-order valence-electron chi connectivity index (χ0n) is 38.7. The summed E-state index contributed by atoms with van der Waals surface area (Å²) in [7, 11) is -2.32. The van der Waals surface area contributed by atoms with Crippen molar-refractivity contribution in [2.24, 2.45) is 5.41 Å². The molecule has 9 rings (SSSR count). The summed E-state index contributed by atoms with van der Waals surface area (Å²) >= 11 is 7.21. The highest BCUT2D eigenvalue weighted by Crippen LogP contribution is 2.49. The standard InChI is InChI=1S/C50H62ClF2N5O5Si/c1-28(2)64(29(3)4,30(5)6)17-14-37-41(52)13-10-31-18-35(59)20-38(42(31)37)43-40(51)21-39-45(44(43)53)54-47(62-27-50(15-16-50)26-57-24-36-19-34(57)25-61-36)55-46(39)56-22-32-11-12-33(23-56)58(32)48(60)63-49(7,8)9/h10,13,18,20-21,28-30,32-34,36,59H,11-12,15-16,19,22-27H2,1-9H3/t32?,33?,34-,36-/m0/s1. The normalized spacial score (nSPS) is 22.9. The van der Waals surface area contributed by atoms with Crippen LogP contribution >= 0.6 is 11.6 Å². The van der Waals surface area contributed by atoms with Gasteiger partial charge in [0, 0.05) is 54.0 Å². The first-order chi connectivity index (χ1) is 30.3. The molecular formula is C50H62ClF2N5O5Si. The van der Waals surface area contributed by atoms with Gasteiger partial charge in [-0.1, -0.05) is 65.1 Å². The van der Waals surface area contributed by atoms with E-state index in [1.807, 2.05) is 25.7 Å². The van der Waals surface area contributed by atoms with Gasteiger partial charge in [-0.25, -0.2) is 13.6 Å². The third-order valence-corrected chi connectivity index (χ3v) is 21.4. The lowest BCUT2D eigenvalue weighted by atomic mass is 9.93. The Kier molecular flexibility index (Phi) is 11.6. The van der Waals surface area contributed by atoms with E-state index in [4.69, 9.17) is 35.8 Å². The molecule has 4 bridgehead atoms. The fraction of sp³-hybridized carbons (Fsp3) is 0.580. The smallest absolute Gasteiger partial charge is 0.410 e. The lowest BCUT2D eigenvalue weighted by Gasteiger charge is -2.42. The van der Waals surface area contributed by atoms with Gasteiger partial charge in [-0.05, 0) is 105 Å². The van der Waals surface area contributed by atoms with Crippen LogP contribution in [0, 0.1) is 28.5 Å². The van der Waals surface area contributed by atoms with Crippen molar-refractivity contribution in [1.82, 2.24) is 19.8 Å². The summed E-state index contributed by atoms with van der Waals surface area (Å²) in [5.41, 5.74) is 4.17. The van der Waals surface area contributed by atoms with Crippen LogP contribution in [0.1, 0.15) is 100.0 Å². The lowest BCUT2D eigenvalue weighted by Crippen LogP contribution is -2.57. The maximum Gasteiger partial charge on any atom is 0.410 e. The average Bonchev–Trinajstić information content (AvgIpc) is 3.49. The van der Waals surface area contributed by atoms with Gasteiger partial charge >= 0.3 is 12.1 Å². The van der Waals surface area contributed by atoms with Crippen molar-refractivity contribution in [3.63, 3.8) is 0 Å². The quantitative estimate of drug-likeness (QED) is 0.123. The molecule has 4 saturated heterocycles. The number of amides is 1. The van der Waals surface area contributed by atoms with Crippen molar-refractivity contribution < 1.29 is 32.9 Å². The van der Waals surface area contributed by atoms with Gasteiger partial charge in [0.1, 0.15) is 36.6 Å². The number of anilines is 1. The minimum absolute atomic E-state index is 0.00783. The first-order valence-electron chi connectivity index (χ1n) is 23.2. The number of hydrogen-bond donors (Lipinski definition) is 1. The number of piperazine rings is 1. The number of aromatic hydroxyl groups is 1. The molecule has 342 valence electrons. The molecule has 0 radical (unpaired) electrons. The maximum atomic E-state index is 17.9. The number of morpholine rings is 1. The van der Waals surface area contributed by atoms with Crippen LogP contribution in [0.25, 0.3) is 32.8 Å². The molecule has 1 aromatic heterocycles. The molecule has 5 fully saturated rings. The molecule has 1 amide bonds. The minimum Gasteiger partial charge on any atom is -0.508 e. The van der Waals surface area contributed by atoms with E-state index in [0.29, 0.717) is 70.4 Å². The number of fused-ring (bicyclic) bond motifs is 6. The van der Waals surface area contributed by atoms with Crippen molar-refractivity contribution >= 4 is 53.3 Å². The predicted octanol–water partition coefficient (Wildman–Crippen LogP) is 10.9. The highest BCUT2D eigenvalue weighted by molar-refractivity contribution is 6.90. The number of phenolic OH excluding ortho intramolecular Hbond substituents is 1. The van der Waals surface area contributed by atoms with E-state index in [2.05, 4.69) is 62.8 Å². The van der Waals surface area contributed by atoms with Gasteiger partial charge in [0.05, 0.1) is 42.0 Å². The Bertz CT molecular complexity index is 2530. The van der Waals surface area contributed by atoms with Crippen molar-refractivity contribution in [1.29, 1.82) is 0 Å². The van der Waals surface area contributed by atoms with Crippen LogP contribution in [0.3, 0.4) is 0 Å². The molecule has 64 heavy (non-hydrogen) atoms. The number of rotatable bonds is 10. The van der Waals surface area contributed by atoms with Gasteiger partial charge in [-0.2, -0.15) is 9.97 Å². The van der Waals surface area contributed by atoms with Crippen LogP contribution in [0.2, 0.25) is 21.6 Å². The Balaban J connectivity index is 1.16. The second kappa shape index (κ2) is 16.6. The third kappa shape index (κ3) is 8.09. The fourth-order valence-corrected chi connectivity index (χ4v) is 17.1. The molecule has 4 atom stereocenters. The third-order valence-electron chi connectivity index (χ3n) is 14.8. The summed E-state index contributed by atoms with van der Waals surface area (Å²) in [6, 6.07) is 7.75. The van der Waals surface area contributed by atoms with Crippen molar-refractivity contribution in [3.05, 3.63) is 52.6 Å². The molecule has 3 aromatic carbocycles. The minimum atomic E-state index is -2.32. The van der Waals surface area contributed by atoms with E-state index >= 15 is 8.78 Å². The van der Waals surface area contributed by atoms with Crippen molar-refractivity contribution in [2.75, 3.05) is 44.3 Å². The molecule has 10 nitrogen and oxygen atoms in total. The average molecular weight is 915 g/mol. The molecule has 2 unspecified atom stereocenters. The highest BCUT2D eigenvalue weighted by atomic mass is 35.5. The number of aromatic nitrogens is 2.